The molecule has 1 aromatic carbocycles. The summed E-state index contributed by atoms with van der Waals surface area (Å²) in [5, 5.41) is 16.9. The Hall–Kier alpha value is -1.47. The monoisotopic (exact) mass is 341 g/mol. The lowest BCUT2D eigenvalue weighted by Gasteiger charge is -2.22. The number of nitro groups is 1. The van der Waals surface area contributed by atoms with Crippen molar-refractivity contribution < 1.29 is 9.72 Å². The standard InChI is InChI=1S/C13H16BrN3O3/c14-12-4-3-10(17(19)20)6-11(12)13(18)16-8-9-2-1-5-15-7-9/h3-4,6,9,15H,1-2,5,7-8H2,(H,16,18). The number of halogens is 1. The quantitative estimate of drug-likeness (QED) is 0.648. The summed E-state index contributed by atoms with van der Waals surface area (Å²) in [7, 11) is 0. The van der Waals surface area contributed by atoms with Gasteiger partial charge in [0.05, 0.1) is 10.5 Å². The number of amides is 1. The summed E-state index contributed by atoms with van der Waals surface area (Å²) in [6.07, 6.45) is 2.20. The summed E-state index contributed by atoms with van der Waals surface area (Å²) in [6.45, 7) is 2.51. The fourth-order valence-corrected chi connectivity index (χ4v) is 2.66. The van der Waals surface area contributed by atoms with Gasteiger partial charge < -0.3 is 10.6 Å². The summed E-state index contributed by atoms with van der Waals surface area (Å²) in [4.78, 5) is 22.3. The number of hydrogen-bond donors (Lipinski definition) is 2. The molecule has 0 radical (unpaired) electrons. The van der Waals surface area contributed by atoms with Crippen LogP contribution in [-0.4, -0.2) is 30.5 Å². The summed E-state index contributed by atoms with van der Waals surface area (Å²) in [5.74, 6) is 0.135. The fraction of sp³-hybridized carbons (Fsp3) is 0.462. The molecule has 0 saturated carbocycles. The third-order valence-corrected chi connectivity index (χ3v) is 4.05. The third-order valence-electron chi connectivity index (χ3n) is 3.36. The van der Waals surface area contributed by atoms with E-state index in [4.69, 9.17) is 0 Å². The van der Waals surface area contributed by atoms with Crippen molar-refractivity contribution in [1.82, 2.24) is 10.6 Å². The van der Waals surface area contributed by atoms with Crippen molar-refractivity contribution in [1.29, 1.82) is 0 Å². The lowest BCUT2D eigenvalue weighted by Crippen LogP contribution is -2.38. The average Bonchev–Trinajstić information content (AvgIpc) is 2.46. The van der Waals surface area contributed by atoms with E-state index >= 15 is 0 Å². The van der Waals surface area contributed by atoms with Crippen LogP contribution in [-0.2, 0) is 0 Å². The topological polar surface area (TPSA) is 84.3 Å². The lowest BCUT2D eigenvalue weighted by atomic mass is 9.99. The molecule has 1 aliphatic heterocycles. The Labute approximate surface area is 125 Å². The first kappa shape index (κ1) is 14.9. The van der Waals surface area contributed by atoms with Crippen LogP contribution < -0.4 is 10.6 Å². The first-order valence-electron chi connectivity index (χ1n) is 6.51. The van der Waals surface area contributed by atoms with E-state index in [2.05, 4.69) is 26.6 Å². The molecule has 108 valence electrons. The van der Waals surface area contributed by atoms with E-state index in [0.29, 0.717) is 22.5 Å². The first-order valence-corrected chi connectivity index (χ1v) is 7.30. The Kier molecular flexibility index (Phi) is 5.08. The molecule has 1 fully saturated rings. The Morgan fingerprint density at radius 3 is 3.00 bits per heavy atom. The smallest absolute Gasteiger partial charge is 0.270 e. The molecule has 1 unspecified atom stereocenters. The zero-order valence-corrected chi connectivity index (χ0v) is 12.5. The molecule has 0 aliphatic carbocycles. The third kappa shape index (κ3) is 3.77. The minimum absolute atomic E-state index is 0.0855. The van der Waals surface area contributed by atoms with Gasteiger partial charge in [-0.2, -0.15) is 0 Å². The summed E-state index contributed by atoms with van der Waals surface area (Å²) in [5.41, 5.74) is 0.209. The number of non-ortho nitro benzene ring substituents is 1. The summed E-state index contributed by atoms with van der Waals surface area (Å²) < 4.78 is 0.558. The van der Waals surface area contributed by atoms with Gasteiger partial charge in [0, 0.05) is 23.2 Å². The van der Waals surface area contributed by atoms with Crippen LogP contribution in [0.2, 0.25) is 0 Å². The zero-order valence-electron chi connectivity index (χ0n) is 10.9. The molecule has 0 aromatic heterocycles. The molecule has 0 bridgehead atoms. The van der Waals surface area contributed by atoms with Crippen LogP contribution in [0.25, 0.3) is 0 Å². The zero-order chi connectivity index (χ0) is 14.5. The van der Waals surface area contributed by atoms with Crippen molar-refractivity contribution in [3.63, 3.8) is 0 Å². The highest BCUT2D eigenvalue weighted by atomic mass is 79.9. The van der Waals surface area contributed by atoms with Crippen LogP contribution in [0.5, 0.6) is 0 Å². The van der Waals surface area contributed by atoms with Gasteiger partial charge in [-0.3, -0.25) is 14.9 Å². The SMILES string of the molecule is O=C(NCC1CCCNC1)c1cc([N+](=O)[O-])ccc1Br. The lowest BCUT2D eigenvalue weighted by molar-refractivity contribution is -0.384. The molecule has 6 nitrogen and oxygen atoms in total. The molecule has 7 heteroatoms. The van der Waals surface area contributed by atoms with Crippen LogP contribution >= 0.6 is 15.9 Å². The molecule has 1 aromatic rings. The molecular weight excluding hydrogens is 326 g/mol. The van der Waals surface area contributed by atoms with Gasteiger partial charge in [0.1, 0.15) is 0 Å². The summed E-state index contributed by atoms with van der Waals surface area (Å²) in [6, 6.07) is 4.18. The molecule has 0 spiro atoms. The highest BCUT2D eigenvalue weighted by Crippen LogP contribution is 2.22. The van der Waals surface area contributed by atoms with Crippen molar-refractivity contribution >= 4 is 27.5 Å². The molecule has 2 N–H and O–H groups in total. The Morgan fingerprint density at radius 1 is 1.55 bits per heavy atom. The molecular formula is C13H16BrN3O3. The fourth-order valence-electron chi connectivity index (χ4n) is 2.23. The number of nitrogens with zero attached hydrogens (tertiary/aromatic N) is 1. The molecule has 2 rings (SSSR count). The van der Waals surface area contributed by atoms with Gasteiger partial charge in [0.2, 0.25) is 0 Å². The minimum Gasteiger partial charge on any atom is -0.352 e. The minimum atomic E-state index is -0.506. The number of benzene rings is 1. The van der Waals surface area contributed by atoms with Gasteiger partial charge in [0.15, 0.2) is 0 Å². The maximum absolute atomic E-state index is 12.1. The van der Waals surface area contributed by atoms with E-state index in [9.17, 15) is 14.9 Å². The molecule has 1 amide bonds. The highest BCUT2D eigenvalue weighted by Gasteiger charge is 2.18. The maximum atomic E-state index is 12.1. The van der Waals surface area contributed by atoms with Gasteiger partial charge in [-0.1, -0.05) is 0 Å². The maximum Gasteiger partial charge on any atom is 0.270 e. The number of nitro benzene ring substituents is 1. The van der Waals surface area contributed by atoms with Crippen molar-refractivity contribution in [2.75, 3.05) is 19.6 Å². The predicted octanol–water partition coefficient (Wildman–Crippen LogP) is 2.09. The first-order chi connectivity index (χ1) is 9.58. The largest absolute Gasteiger partial charge is 0.352 e. The number of hydrogen-bond acceptors (Lipinski definition) is 4. The van der Waals surface area contributed by atoms with Crippen molar-refractivity contribution in [2.24, 2.45) is 5.92 Å². The van der Waals surface area contributed by atoms with E-state index in [1.165, 1.54) is 18.2 Å². The van der Waals surface area contributed by atoms with Crippen LogP contribution in [0.1, 0.15) is 23.2 Å². The van der Waals surface area contributed by atoms with E-state index in [1.54, 1.807) is 0 Å². The number of carbonyl (C=O) groups excluding carboxylic acids is 1. The van der Waals surface area contributed by atoms with Gasteiger partial charge in [-0.25, -0.2) is 0 Å². The second-order valence-corrected chi connectivity index (χ2v) is 5.70. The molecule has 1 aliphatic rings. The van der Waals surface area contributed by atoms with Gasteiger partial charge in [-0.05, 0) is 53.8 Å². The van der Waals surface area contributed by atoms with Gasteiger partial charge in [0.25, 0.3) is 11.6 Å². The van der Waals surface area contributed by atoms with Crippen LogP contribution in [0.4, 0.5) is 5.69 Å². The second kappa shape index (κ2) is 6.81. The second-order valence-electron chi connectivity index (χ2n) is 4.84. The molecule has 20 heavy (non-hydrogen) atoms. The Bertz CT molecular complexity index is 516. The molecule has 1 saturated heterocycles. The van der Waals surface area contributed by atoms with E-state index < -0.39 is 4.92 Å². The predicted molar refractivity (Wildman–Crippen MR) is 78.7 cm³/mol. The normalized spacial score (nSPS) is 18.6. The average molecular weight is 342 g/mol. The van der Waals surface area contributed by atoms with E-state index in [1.807, 2.05) is 0 Å². The number of piperidine rings is 1. The van der Waals surface area contributed by atoms with E-state index in [0.717, 1.165) is 25.9 Å². The Balaban J connectivity index is 2.00. The molecule has 1 atom stereocenters. The summed E-state index contributed by atoms with van der Waals surface area (Å²) >= 11 is 3.25. The number of nitrogens with one attached hydrogen (secondary N) is 2. The van der Waals surface area contributed by atoms with E-state index in [-0.39, 0.29) is 11.6 Å². The number of rotatable bonds is 4. The van der Waals surface area contributed by atoms with Gasteiger partial charge in [-0.15, -0.1) is 0 Å². The van der Waals surface area contributed by atoms with Crippen LogP contribution in [0.3, 0.4) is 0 Å². The van der Waals surface area contributed by atoms with Crippen LogP contribution in [0, 0.1) is 16.0 Å². The van der Waals surface area contributed by atoms with Crippen molar-refractivity contribution in [3.8, 4) is 0 Å². The van der Waals surface area contributed by atoms with Crippen molar-refractivity contribution in [3.05, 3.63) is 38.3 Å². The number of carbonyl (C=O) groups is 1. The van der Waals surface area contributed by atoms with Gasteiger partial charge >= 0.3 is 0 Å². The Morgan fingerprint density at radius 2 is 2.35 bits per heavy atom. The highest BCUT2D eigenvalue weighted by molar-refractivity contribution is 9.10. The van der Waals surface area contributed by atoms with Crippen LogP contribution in [0.15, 0.2) is 22.7 Å². The van der Waals surface area contributed by atoms with Crippen molar-refractivity contribution in [2.45, 2.75) is 12.8 Å². The molecule has 1 heterocycles.